The Labute approximate surface area is 76.7 Å². The molecular weight excluding hydrogens is 176 g/mol. The Morgan fingerprint density at radius 1 is 1.58 bits per heavy atom. The van der Waals surface area contributed by atoms with E-state index in [0.29, 0.717) is 11.0 Å². The lowest BCUT2D eigenvalue weighted by Crippen LogP contribution is -2.03. The molecule has 0 aliphatic carbocycles. The van der Waals surface area contributed by atoms with E-state index in [4.69, 9.17) is 16.3 Å². The summed E-state index contributed by atoms with van der Waals surface area (Å²) in [7, 11) is 1.61. The first-order chi connectivity index (χ1) is 5.65. The highest BCUT2D eigenvalue weighted by molar-refractivity contribution is 6.30. The molecule has 0 bridgehead atoms. The molecule has 1 atom stereocenters. The van der Waals surface area contributed by atoms with Gasteiger partial charge in [-0.05, 0) is 13.8 Å². The van der Waals surface area contributed by atoms with Crippen LogP contribution in [-0.4, -0.2) is 17.1 Å². The second-order valence-electron chi connectivity index (χ2n) is 2.58. The first-order valence-corrected chi connectivity index (χ1v) is 4.04. The number of methoxy groups -OCH3 is 1. The van der Waals surface area contributed by atoms with Gasteiger partial charge < -0.3 is 4.74 Å². The van der Waals surface area contributed by atoms with E-state index in [1.807, 2.05) is 13.8 Å². The minimum Gasteiger partial charge on any atom is -0.374 e. The van der Waals surface area contributed by atoms with Crippen LogP contribution >= 0.6 is 11.6 Å². The van der Waals surface area contributed by atoms with Gasteiger partial charge in [0.1, 0.15) is 11.3 Å². The summed E-state index contributed by atoms with van der Waals surface area (Å²) in [6, 6.07) is 0. The summed E-state index contributed by atoms with van der Waals surface area (Å²) in [6.45, 7) is 3.74. The maximum absolute atomic E-state index is 5.81. The third-order valence-corrected chi connectivity index (χ3v) is 2.03. The minimum atomic E-state index is -0.108. The Hall–Kier alpha value is -0.670. The molecule has 0 aromatic carbocycles. The largest absolute Gasteiger partial charge is 0.374 e. The number of aromatic nitrogens is 2. The Morgan fingerprint density at radius 3 is 2.75 bits per heavy atom. The van der Waals surface area contributed by atoms with Crippen LogP contribution in [0.1, 0.15) is 24.4 Å². The highest BCUT2D eigenvalue weighted by Gasteiger charge is 2.08. The van der Waals surface area contributed by atoms with E-state index in [-0.39, 0.29) is 6.10 Å². The first kappa shape index (κ1) is 9.42. The molecule has 3 nitrogen and oxygen atoms in total. The second-order valence-corrected chi connectivity index (χ2v) is 2.94. The van der Waals surface area contributed by atoms with Gasteiger partial charge in [0.15, 0.2) is 5.82 Å². The van der Waals surface area contributed by atoms with Crippen LogP contribution in [0.3, 0.4) is 0 Å². The van der Waals surface area contributed by atoms with Gasteiger partial charge in [0, 0.05) is 18.9 Å². The van der Waals surface area contributed by atoms with E-state index in [2.05, 4.69) is 9.97 Å². The van der Waals surface area contributed by atoms with Crippen LogP contribution in [0.5, 0.6) is 0 Å². The summed E-state index contributed by atoms with van der Waals surface area (Å²) < 4.78 is 5.05. The van der Waals surface area contributed by atoms with Crippen molar-refractivity contribution in [3.8, 4) is 0 Å². The van der Waals surface area contributed by atoms with Crippen molar-refractivity contribution in [1.82, 2.24) is 9.97 Å². The number of rotatable bonds is 2. The van der Waals surface area contributed by atoms with Crippen LogP contribution in [0, 0.1) is 6.92 Å². The number of hydrogen-bond acceptors (Lipinski definition) is 3. The van der Waals surface area contributed by atoms with E-state index in [9.17, 15) is 0 Å². The van der Waals surface area contributed by atoms with Crippen LogP contribution < -0.4 is 0 Å². The molecule has 66 valence electrons. The molecule has 1 rings (SSSR count). The molecule has 4 heteroatoms. The SMILES string of the molecule is CO[C@@H](C)c1ncc(C)c(Cl)n1. The molecule has 1 aromatic rings. The van der Waals surface area contributed by atoms with Gasteiger partial charge in [-0.3, -0.25) is 0 Å². The van der Waals surface area contributed by atoms with E-state index in [1.54, 1.807) is 13.3 Å². The molecule has 0 N–H and O–H groups in total. The van der Waals surface area contributed by atoms with Gasteiger partial charge >= 0.3 is 0 Å². The van der Waals surface area contributed by atoms with E-state index >= 15 is 0 Å². The van der Waals surface area contributed by atoms with Crippen molar-refractivity contribution in [2.45, 2.75) is 20.0 Å². The third-order valence-electron chi connectivity index (χ3n) is 1.65. The highest BCUT2D eigenvalue weighted by Crippen LogP contribution is 2.15. The van der Waals surface area contributed by atoms with Crippen LogP contribution in [0.25, 0.3) is 0 Å². The smallest absolute Gasteiger partial charge is 0.158 e. The van der Waals surface area contributed by atoms with Crippen LogP contribution in [0.4, 0.5) is 0 Å². The predicted octanol–water partition coefficient (Wildman–Crippen LogP) is 2.15. The van der Waals surface area contributed by atoms with Gasteiger partial charge in [0.25, 0.3) is 0 Å². The molecule has 0 unspecified atom stereocenters. The van der Waals surface area contributed by atoms with Crippen LogP contribution in [0.2, 0.25) is 5.15 Å². The average molecular weight is 187 g/mol. The fraction of sp³-hybridized carbons (Fsp3) is 0.500. The summed E-state index contributed by atoms with van der Waals surface area (Å²) in [5, 5.41) is 0.490. The topological polar surface area (TPSA) is 35.0 Å². The molecule has 0 saturated carbocycles. The average Bonchev–Trinajstić information content (AvgIpc) is 2.08. The highest BCUT2D eigenvalue weighted by atomic mass is 35.5. The van der Waals surface area contributed by atoms with Crippen LogP contribution in [0.15, 0.2) is 6.20 Å². The van der Waals surface area contributed by atoms with E-state index in [1.165, 1.54) is 0 Å². The maximum atomic E-state index is 5.81. The number of nitrogens with zero attached hydrogens (tertiary/aromatic N) is 2. The third kappa shape index (κ3) is 1.93. The molecule has 0 spiro atoms. The summed E-state index contributed by atoms with van der Waals surface area (Å²) in [5.74, 6) is 0.619. The lowest BCUT2D eigenvalue weighted by Gasteiger charge is -2.07. The number of ether oxygens (including phenoxy) is 1. The summed E-state index contributed by atoms with van der Waals surface area (Å²) in [4.78, 5) is 8.16. The van der Waals surface area contributed by atoms with Gasteiger partial charge in [0.05, 0.1) is 0 Å². The summed E-state index contributed by atoms with van der Waals surface area (Å²) >= 11 is 5.81. The lowest BCUT2D eigenvalue weighted by molar-refractivity contribution is 0.112. The number of halogens is 1. The van der Waals surface area contributed by atoms with Crippen molar-refractivity contribution >= 4 is 11.6 Å². The molecule has 0 radical (unpaired) electrons. The fourth-order valence-corrected chi connectivity index (χ4v) is 0.871. The standard InChI is InChI=1S/C8H11ClN2O/c1-5-4-10-8(6(2)12-3)11-7(5)9/h4,6H,1-3H3/t6-/m0/s1. The second kappa shape index (κ2) is 3.83. The van der Waals surface area contributed by atoms with E-state index in [0.717, 1.165) is 5.56 Å². The van der Waals surface area contributed by atoms with Gasteiger partial charge in [-0.15, -0.1) is 0 Å². The monoisotopic (exact) mass is 186 g/mol. The predicted molar refractivity (Wildman–Crippen MR) is 47.2 cm³/mol. The molecule has 1 heterocycles. The van der Waals surface area contributed by atoms with Gasteiger partial charge in [-0.25, -0.2) is 9.97 Å². The van der Waals surface area contributed by atoms with Crippen molar-refractivity contribution in [2.24, 2.45) is 0 Å². The normalized spacial score (nSPS) is 13.0. The molecule has 0 aliphatic rings. The fourth-order valence-electron chi connectivity index (χ4n) is 0.735. The van der Waals surface area contributed by atoms with Gasteiger partial charge in [-0.1, -0.05) is 11.6 Å². The van der Waals surface area contributed by atoms with Gasteiger partial charge in [0.2, 0.25) is 0 Å². The molecule has 1 aromatic heterocycles. The molecular formula is C8H11ClN2O. The van der Waals surface area contributed by atoms with Crippen molar-refractivity contribution in [1.29, 1.82) is 0 Å². The van der Waals surface area contributed by atoms with Crippen molar-refractivity contribution in [3.05, 3.63) is 22.7 Å². The molecule has 0 fully saturated rings. The maximum Gasteiger partial charge on any atom is 0.158 e. The summed E-state index contributed by atoms with van der Waals surface area (Å²) in [5.41, 5.74) is 0.878. The first-order valence-electron chi connectivity index (χ1n) is 3.67. The van der Waals surface area contributed by atoms with Gasteiger partial charge in [-0.2, -0.15) is 0 Å². The molecule has 0 saturated heterocycles. The zero-order valence-electron chi connectivity index (χ0n) is 7.34. The zero-order chi connectivity index (χ0) is 9.14. The van der Waals surface area contributed by atoms with Crippen molar-refractivity contribution in [3.63, 3.8) is 0 Å². The van der Waals surface area contributed by atoms with Crippen molar-refractivity contribution in [2.75, 3.05) is 7.11 Å². The van der Waals surface area contributed by atoms with Crippen LogP contribution in [-0.2, 0) is 4.74 Å². The Morgan fingerprint density at radius 2 is 2.25 bits per heavy atom. The zero-order valence-corrected chi connectivity index (χ0v) is 8.09. The van der Waals surface area contributed by atoms with Crippen molar-refractivity contribution < 1.29 is 4.74 Å². The Bertz CT molecular complexity index is 278. The quantitative estimate of drug-likeness (QED) is 0.664. The number of hydrogen-bond donors (Lipinski definition) is 0. The minimum absolute atomic E-state index is 0.108. The van der Waals surface area contributed by atoms with E-state index < -0.39 is 0 Å². The molecule has 12 heavy (non-hydrogen) atoms. The molecule has 0 aliphatic heterocycles. The molecule has 0 amide bonds. The lowest BCUT2D eigenvalue weighted by atomic mass is 10.3. The number of aryl methyl sites for hydroxylation is 1. The Kier molecular flexibility index (Phi) is 3.00. The Balaban J connectivity index is 2.96. The summed E-state index contributed by atoms with van der Waals surface area (Å²) in [6.07, 6.45) is 1.59.